The normalized spacial score (nSPS) is 10.8. The van der Waals surface area contributed by atoms with Gasteiger partial charge in [-0.1, -0.05) is 35.3 Å². The first-order valence-corrected chi connectivity index (χ1v) is 6.50. The Balaban J connectivity index is 2.03. The fourth-order valence-corrected chi connectivity index (χ4v) is 1.97. The second kappa shape index (κ2) is 6.55. The zero-order chi connectivity index (χ0) is 14.5. The summed E-state index contributed by atoms with van der Waals surface area (Å²) in [6.07, 6.45) is 2.93. The van der Waals surface area contributed by atoms with Crippen LogP contribution in [0.2, 0.25) is 10.0 Å². The van der Waals surface area contributed by atoms with Crippen molar-refractivity contribution in [3.8, 4) is 0 Å². The summed E-state index contributed by atoms with van der Waals surface area (Å²) < 4.78 is 12.7. The minimum atomic E-state index is -0.335. The first-order chi connectivity index (χ1) is 9.54. The molecule has 0 spiro atoms. The highest BCUT2D eigenvalue weighted by atomic mass is 35.5. The number of benzene rings is 2. The van der Waals surface area contributed by atoms with Crippen molar-refractivity contribution in [3.05, 3.63) is 70.0 Å². The monoisotopic (exact) mass is 309 g/mol. The third-order valence-electron chi connectivity index (χ3n) is 2.49. The van der Waals surface area contributed by atoms with Gasteiger partial charge in [-0.2, -0.15) is 0 Å². The number of hydrogen-bond donors (Lipinski definition) is 1. The van der Waals surface area contributed by atoms with Crippen LogP contribution in [0.25, 0.3) is 6.08 Å². The Morgan fingerprint density at radius 1 is 1.10 bits per heavy atom. The molecule has 2 aromatic carbocycles. The van der Waals surface area contributed by atoms with Crippen LogP contribution in [0.15, 0.2) is 48.5 Å². The Bertz CT molecular complexity index is 653. The lowest BCUT2D eigenvalue weighted by atomic mass is 10.2. The number of carbonyl (C=O) groups excluding carboxylic acids is 1. The number of amides is 1. The molecule has 0 fully saturated rings. The van der Waals surface area contributed by atoms with E-state index in [-0.39, 0.29) is 11.7 Å². The summed E-state index contributed by atoms with van der Waals surface area (Å²) in [5.41, 5.74) is 1.20. The molecule has 102 valence electrons. The van der Waals surface area contributed by atoms with Gasteiger partial charge in [-0.05, 0) is 42.0 Å². The van der Waals surface area contributed by atoms with Crippen molar-refractivity contribution >= 4 is 40.9 Å². The quantitative estimate of drug-likeness (QED) is 0.812. The molecule has 5 heteroatoms. The van der Waals surface area contributed by atoms with Crippen LogP contribution >= 0.6 is 23.2 Å². The lowest BCUT2D eigenvalue weighted by Crippen LogP contribution is -2.08. The molecule has 0 bridgehead atoms. The molecule has 0 aliphatic carbocycles. The van der Waals surface area contributed by atoms with Crippen LogP contribution in [0.4, 0.5) is 10.1 Å². The molecule has 0 aliphatic heterocycles. The Morgan fingerprint density at radius 3 is 2.45 bits per heavy atom. The highest BCUT2D eigenvalue weighted by Crippen LogP contribution is 2.25. The van der Waals surface area contributed by atoms with Crippen molar-refractivity contribution in [3.63, 3.8) is 0 Å². The number of halogens is 3. The Morgan fingerprint density at radius 2 is 1.80 bits per heavy atom. The molecule has 0 radical (unpaired) electrons. The van der Waals surface area contributed by atoms with Gasteiger partial charge in [0.2, 0.25) is 5.91 Å². The SMILES string of the molecule is O=C(C=Cc1ccc(F)cc1)Nc1ccc(Cl)cc1Cl. The minimum absolute atomic E-state index is 0.320. The maximum absolute atomic E-state index is 12.7. The number of hydrogen-bond acceptors (Lipinski definition) is 1. The van der Waals surface area contributed by atoms with Gasteiger partial charge >= 0.3 is 0 Å². The van der Waals surface area contributed by atoms with Gasteiger partial charge in [0.1, 0.15) is 5.82 Å². The van der Waals surface area contributed by atoms with E-state index in [1.54, 1.807) is 36.4 Å². The third-order valence-corrected chi connectivity index (χ3v) is 3.03. The van der Waals surface area contributed by atoms with E-state index in [2.05, 4.69) is 5.32 Å². The van der Waals surface area contributed by atoms with Crippen LogP contribution in [-0.2, 0) is 4.79 Å². The zero-order valence-electron chi connectivity index (χ0n) is 10.2. The van der Waals surface area contributed by atoms with Crippen molar-refractivity contribution in [2.45, 2.75) is 0 Å². The first kappa shape index (κ1) is 14.6. The summed E-state index contributed by atoms with van der Waals surface area (Å²) >= 11 is 11.7. The third kappa shape index (κ3) is 4.08. The second-order valence-electron chi connectivity index (χ2n) is 4.00. The first-order valence-electron chi connectivity index (χ1n) is 5.74. The lowest BCUT2D eigenvalue weighted by Gasteiger charge is -2.04. The lowest BCUT2D eigenvalue weighted by molar-refractivity contribution is -0.111. The van der Waals surface area contributed by atoms with E-state index in [1.165, 1.54) is 18.2 Å². The highest BCUT2D eigenvalue weighted by molar-refractivity contribution is 6.36. The molecule has 2 nitrogen and oxygen atoms in total. The molecule has 0 saturated carbocycles. The van der Waals surface area contributed by atoms with E-state index < -0.39 is 0 Å². The van der Waals surface area contributed by atoms with Crippen LogP contribution in [0.1, 0.15) is 5.56 Å². The fraction of sp³-hybridized carbons (Fsp3) is 0. The maximum atomic E-state index is 12.7. The average molecular weight is 310 g/mol. The van der Waals surface area contributed by atoms with Gasteiger partial charge in [0.15, 0.2) is 0 Å². The molecule has 0 unspecified atom stereocenters. The molecule has 20 heavy (non-hydrogen) atoms. The fourth-order valence-electron chi connectivity index (χ4n) is 1.51. The molecule has 1 N–H and O–H groups in total. The van der Waals surface area contributed by atoms with Crippen LogP contribution in [-0.4, -0.2) is 5.91 Å². The maximum Gasteiger partial charge on any atom is 0.248 e. The Kier molecular flexibility index (Phi) is 4.77. The van der Waals surface area contributed by atoms with E-state index in [0.29, 0.717) is 15.7 Å². The smallest absolute Gasteiger partial charge is 0.248 e. The molecule has 2 rings (SSSR count). The zero-order valence-corrected chi connectivity index (χ0v) is 11.8. The summed E-state index contributed by atoms with van der Waals surface area (Å²) in [7, 11) is 0. The largest absolute Gasteiger partial charge is 0.321 e. The molecule has 1 amide bonds. The predicted octanol–water partition coefficient (Wildman–Crippen LogP) is 4.78. The summed E-state index contributed by atoms with van der Waals surface area (Å²) in [6, 6.07) is 10.6. The van der Waals surface area contributed by atoms with Gasteiger partial charge in [-0.15, -0.1) is 0 Å². The van der Waals surface area contributed by atoms with E-state index >= 15 is 0 Å². The highest BCUT2D eigenvalue weighted by Gasteiger charge is 2.03. The average Bonchev–Trinajstić information content (AvgIpc) is 2.41. The van der Waals surface area contributed by atoms with E-state index in [9.17, 15) is 9.18 Å². The van der Waals surface area contributed by atoms with Crippen LogP contribution in [0.3, 0.4) is 0 Å². The molecule has 0 atom stereocenters. The van der Waals surface area contributed by atoms with Gasteiger partial charge in [0, 0.05) is 11.1 Å². The summed E-state index contributed by atoms with van der Waals surface area (Å²) in [6.45, 7) is 0. The summed E-state index contributed by atoms with van der Waals surface area (Å²) in [4.78, 5) is 11.7. The molecule has 0 saturated heterocycles. The summed E-state index contributed by atoms with van der Waals surface area (Å²) in [5.74, 6) is -0.655. The van der Waals surface area contributed by atoms with Gasteiger partial charge in [0.25, 0.3) is 0 Å². The molecule has 0 heterocycles. The molecule has 0 aromatic heterocycles. The van der Waals surface area contributed by atoms with Crippen molar-refractivity contribution in [2.24, 2.45) is 0 Å². The summed E-state index contributed by atoms with van der Waals surface area (Å²) in [5, 5.41) is 3.49. The van der Waals surface area contributed by atoms with Gasteiger partial charge in [0.05, 0.1) is 10.7 Å². The van der Waals surface area contributed by atoms with E-state index in [1.807, 2.05) is 0 Å². The van der Waals surface area contributed by atoms with Gasteiger partial charge < -0.3 is 5.32 Å². The van der Waals surface area contributed by atoms with Crippen LogP contribution in [0, 0.1) is 5.82 Å². The molecule has 2 aromatic rings. The number of nitrogens with one attached hydrogen (secondary N) is 1. The minimum Gasteiger partial charge on any atom is -0.321 e. The van der Waals surface area contributed by atoms with E-state index in [4.69, 9.17) is 23.2 Å². The Hall–Kier alpha value is -1.84. The van der Waals surface area contributed by atoms with Crippen molar-refractivity contribution in [1.29, 1.82) is 0 Å². The van der Waals surface area contributed by atoms with Crippen molar-refractivity contribution < 1.29 is 9.18 Å². The topological polar surface area (TPSA) is 29.1 Å². The molecular weight excluding hydrogens is 300 g/mol. The van der Waals surface area contributed by atoms with Crippen molar-refractivity contribution in [1.82, 2.24) is 0 Å². The number of carbonyl (C=O) groups is 1. The number of anilines is 1. The Labute approximate surface area is 125 Å². The second-order valence-corrected chi connectivity index (χ2v) is 4.84. The van der Waals surface area contributed by atoms with Crippen LogP contribution in [0.5, 0.6) is 0 Å². The molecular formula is C15H10Cl2FNO. The van der Waals surface area contributed by atoms with Gasteiger partial charge in [-0.3, -0.25) is 4.79 Å². The van der Waals surface area contributed by atoms with E-state index in [0.717, 1.165) is 5.56 Å². The standard InChI is InChI=1S/C15H10Cl2FNO/c16-11-4-7-14(13(17)9-11)19-15(20)8-3-10-1-5-12(18)6-2-10/h1-9H,(H,19,20). The number of rotatable bonds is 3. The molecule has 0 aliphatic rings. The van der Waals surface area contributed by atoms with Gasteiger partial charge in [-0.25, -0.2) is 4.39 Å². The van der Waals surface area contributed by atoms with Crippen LogP contribution < -0.4 is 5.32 Å². The van der Waals surface area contributed by atoms with Crippen molar-refractivity contribution in [2.75, 3.05) is 5.32 Å². The predicted molar refractivity (Wildman–Crippen MR) is 80.5 cm³/mol.